The Morgan fingerprint density at radius 3 is 2.43 bits per heavy atom. The molecule has 0 aliphatic carbocycles. The fourth-order valence-corrected chi connectivity index (χ4v) is 1.90. The van der Waals surface area contributed by atoms with Crippen LogP contribution in [0.2, 0.25) is 0 Å². The third kappa shape index (κ3) is 3.24. The third-order valence-electron chi connectivity index (χ3n) is 2.88. The van der Waals surface area contributed by atoms with Crippen LogP contribution in [0.4, 0.5) is 11.7 Å². The van der Waals surface area contributed by atoms with E-state index in [1.807, 2.05) is 36.4 Å². The lowest BCUT2D eigenvalue weighted by Crippen LogP contribution is -1.90. The second-order valence-corrected chi connectivity index (χ2v) is 4.37. The van der Waals surface area contributed by atoms with Gasteiger partial charge in [0, 0.05) is 25.2 Å². The fraction of sp³-hybridized carbons (Fsp3) is 0.133. The zero-order valence-corrected chi connectivity index (χ0v) is 11.5. The maximum atomic E-state index is 5.38. The molecule has 0 atom stereocenters. The molecule has 0 amide bonds. The minimum Gasteiger partial charge on any atom is -0.405 e. The fourth-order valence-electron chi connectivity index (χ4n) is 1.90. The quantitative estimate of drug-likeness (QED) is 0.775. The van der Waals surface area contributed by atoms with Gasteiger partial charge in [-0.2, -0.15) is 0 Å². The lowest BCUT2D eigenvalue weighted by molar-refractivity contribution is 0.160. The van der Waals surface area contributed by atoms with Crippen molar-refractivity contribution in [1.29, 1.82) is 0 Å². The van der Waals surface area contributed by atoms with Crippen LogP contribution in [-0.2, 0) is 11.3 Å². The van der Waals surface area contributed by atoms with E-state index < -0.39 is 0 Å². The Balaban J connectivity index is 1.72. The summed E-state index contributed by atoms with van der Waals surface area (Å²) in [5.74, 6) is 0.438. The van der Waals surface area contributed by atoms with Crippen LogP contribution in [0.1, 0.15) is 5.89 Å². The average molecular weight is 282 g/mol. The number of hydrogen-bond donors (Lipinski definition) is 1. The highest BCUT2D eigenvalue weighted by atomic mass is 16.5. The van der Waals surface area contributed by atoms with E-state index in [4.69, 9.17) is 9.15 Å². The van der Waals surface area contributed by atoms with E-state index >= 15 is 0 Å². The molecule has 0 unspecified atom stereocenters. The van der Waals surface area contributed by atoms with Crippen LogP contribution in [0.15, 0.2) is 53.2 Å². The molecule has 0 spiro atoms. The Hall–Kier alpha value is -2.73. The molecule has 2 aromatic heterocycles. The number of ether oxygens (including phenoxy) is 1. The standard InChI is InChI=1S/C15H14N4O2/c1-20-10-14-18-19-15(21-14)17-13-4-2-11(3-5-13)12-6-8-16-9-7-12/h2-9H,10H2,1H3,(H,17,19). The summed E-state index contributed by atoms with van der Waals surface area (Å²) in [6, 6.07) is 12.2. The molecule has 6 nitrogen and oxygen atoms in total. The molecule has 21 heavy (non-hydrogen) atoms. The molecule has 0 aliphatic rings. The summed E-state index contributed by atoms with van der Waals surface area (Å²) in [4.78, 5) is 4.01. The number of anilines is 2. The molecule has 0 fully saturated rings. The monoisotopic (exact) mass is 282 g/mol. The molecular formula is C15H14N4O2. The van der Waals surface area contributed by atoms with E-state index in [0.29, 0.717) is 18.5 Å². The van der Waals surface area contributed by atoms with Crippen molar-refractivity contribution in [1.82, 2.24) is 15.2 Å². The van der Waals surface area contributed by atoms with Crippen molar-refractivity contribution < 1.29 is 9.15 Å². The first kappa shape index (κ1) is 13.3. The molecule has 1 aromatic carbocycles. The Bertz CT molecular complexity index is 695. The summed E-state index contributed by atoms with van der Waals surface area (Å²) >= 11 is 0. The van der Waals surface area contributed by atoms with Crippen molar-refractivity contribution in [3.8, 4) is 11.1 Å². The summed E-state index contributed by atoms with van der Waals surface area (Å²) in [6.07, 6.45) is 3.55. The van der Waals surface area contributed by atoms with Gasteiger partial charge >= 0.3 is 6.01 Å². The maximum absolute atomic E-state index is 5.38. The summed E-state index contributed by atoms with van der Waals surface area (Å²) in [7, 11) is 1.58. The molecule has 2 heterocycles. The van der Waals surface area contributed by atoms with Crippen LogP contribution in [-0.4, -0.2) is 22.3 Å². The predicted molar refractivity (Wildman–Crippen MR) is 78.0 cm³/mol. The van der Waals surface area contributed by atoms with Gasteiger partial charge in [-0.05, 0) is 35.4 Å². The van der Waals surface area contributed by atoms with Gasteiger partial charge in [0.05, 0.1) is 0 Å². The summed E-state index contributed by atoms with van der Waals surface area (Å²) < 4.78 is 10.3. The van der Waals surface area contributed by atoms with Crippen LogP contribution < -0.4 is 5.32 Å². The third-order valence-corrected chi connectivity index (χ3v) is 2.88. The first-order chi connectivity index (χ1) is 10.3. The molecule has 0 radical (unpaired) electrons. The van der Waals surface area contributed by atoms with E-state index in [0.717, 1.165) is 16.8 Å². The van der Waals surface area contributed by atoms with Crippen LogP contribution in [0.3, 0.4) is 0 Å². The zero-order chi connectivity index (χ0) is 14.5. The molecular weight excluding hydrogens is 268 g/mol. The number of nitrogens with zero attached hydrogens (tertiary/aromatic N) is 3. The van der Waals surface area contributed by atoms with E-state index in [1.165, 1.54) is 0 Å². The predicted octanol–water partition coefficient (Wildman–Crippen LogP) is 3.02. The minimum atomic E-state index is 0.301. The van der Waals surface area contributed by atoms with Crippen LogP contribution in [0, 0.1) is 0 Å². The summed E-state index contributed by atoms with van der Waals surface area (Å²) in [6.45, 7) is 0.301. The van der Waals surface area contributed by atoms with Gasteiger partial charge in [0.2, 0.25) is 5.89 Å². The van der Waals surface area contributed by atoms with Crippen molar-refractivity contribution in [2.75, 3.05) is 12.4 Å². The number of methoxy groups -OCH3 is 1. The van der Waals surface area contributed by atoms with Gasteiger partial charge in [-0.1, -0.05) is 17.2 Å². The highest BCUT2D eigenvalue weighted by Gasteiger charge is 2.05. The molecule has 3 aromatic rings. The Kier molecular flexibility index (Phi) is 3.88. The Morgan fingerprint density at radius 2 is 1.71 bits per heavy atom. The van der Waals surface area contributed by atoms with E-state index in [1.54, 1.807) is 19.5 Å². The van der Waals surface area contributed by atoms with Crippen LogP contribution >= 0.6 is 0 Å². The number of benzene rings is 1. The van der Waals surface area contributed by atoms with Crippen LogP contribution in [0.5, 0.6) is 0 Å². The lowest BCUT2D eigenvalue weighted by atomic mass is 10.1. The minimum absolute atomic E-state index is 0.301. The summed E-state index contributed by atoms with van der Waals surface area (Å²) in [5.41, 5.74) is 3.12. The van der Waals surface area contributed by atoms with Crippen molar-refractivity contribution >= 4 is 11.7 Å². The number of aromatic nitrogens is 3. The number of nitrogens with one attached hydrogen (secondary N) is 1. The van der Waals surface area contributed by atoms with Gasteiger partial charge in [-0.3, -0.25) is 4.98 Å². The topological polar surface area (TPSA) is 73.1 Å². The van der Waals surface area contributed by atoms with Gasteiger partial charge in [0.15, 0.2) is 0 Å². The van der Waals surface area contributed by atoms with Crippen molar-refractivity contribution in [2.24, 2.45) is 0 Å². The van der Waals surface area contributed by atoms with Crippen molar-refractivity contribution in [3.63, 3.8) is 0 Å². The maximum Gasteiger partial charge on any atom is 0.320 e. The first-order valence-corrected chi connectivity index (χ1v) is 6.44. The molecule has 3 rings (SSSR count). The zero-order valence-electron chi connectivity index (χ0n) is 11.5. The van der Waals surface area contributed by atoms with E-state index in [9.17, 15) is 0 Å². The van der Waals surface area contributed by atoms with Crippen molar-refractivity contribution in [2.45, 2.75) is 6.61 Å². The molecule has 1 N–H and O–H groups in total. The number of rotatable bonds is 5. The summed E-state index contributed by atoms with van der Waals surface area (Å²) in [5, 5.41) is 10.8. The SMILES string of the molecule is COCc1nnc(Nc2ccc(-c3ccncc3)cc2)o1. The van der Waals surface area contributed by atoms with Gasteiger partial charge in [-0.15, -0.1) is 5.10 Å². The molecule has 0 saturated heterocycles. The Morgan fingerprint density at radius 1 is 1.00 bits per heavy atom. The lowest BCUT2D eigenvalue weighted by Gasteiger charge is -2.04. The molecule has 106 valence electrons. The van der Waals surface area contributed by atoms with Gasteiger partial charge < -0.3 is 14.5 Å². The number of hydrogen-bond acceptors (Lipinski definition) is 6. The normalized spacial score (nSPS) is 10.5. The Labute approximate surface area is 121 Å². The van der Waals surface area contributed by atoms with Gasteiger partial charge in [-0.25, -0.2) is 0 Å². The highest BCUT2D eigenvalue weighted by Crippen LogP contribution is 2.22. The van der Waals surface area contributed by atoms with E-state index in [-0.39, 0.29) is 0 Å². The highest BCUT2D eigenvalue weighted by molar-refractivity contribution is 5.66. The van der Waals surface area contributed by atoms with Crippen LogP contribution in [0.25, 0.3) is 11.1 Å². The molecule has 6 heteroatoms. The molecule has 0 saturated carbocycles. The second kappa shape index (κ2) is 6.15. The first-order valence-electron chi connectivity index (χ1n) is 6.44. The average Bonchev–Trinajstić information content (AvgIpc) is 2.97. The molecule has 0 bridgehead atoms. The van der Waals surface area contributed by atoms with Crippen molar-refractivity contribution in [3.05, 3.63) is 54.7 Å². The largest absolute Gasteiger partial charge is 0.405 e. The van der Waals surface area contributed by atoms with Gasteiger partial charge in [0.25, 0.3) is 0 Å². The molecule has 0 aliphatic heterocycles. The van der Waals surface area contributed by atoms with Gasteiger partial charge in [0.1, 0.15) is 6.61 Å². The number of pyridine rings is 1. The smallest absolute Gasteiger partial charge is 0.320 e. The van der Waals surface area contributed by atoms with E-state index in [2.05, 4.69) is 20.5 Å². The second-order valence-electron chi connectivity index (χ2n) is 4.37.